The van der Waals surface area contributed by atoms with Crippen molar-refractivity contribution in [2.45, 2.75) is 36.5 Å². The first-order valence-corrected chi connectivity index (χ1v) is 13.3. The Hall–Kier alpha value is -3.24. The molecule has 0 saturated carbocycles. The third-order valence-electron chi connectivity index (χ3n) is 6.73. The van der Waals surface area contributed by atoms with Gasteiger partial charge in [0.05, 0.1) is 12.0 Å². The molecule has 3 aromatic rings. The van der Waals surface area contributed by atoms with Crippen LogP contribution in [0.15, 0.2) is 57.9 Å². The smallest absolute Gasteiger partial charge is 0.253 e. The van der Waals surface area contributed by atoms with Crippen molar-refractivity contribution in [2.24, 2.45) is 0 Å². The van der Waals surface area contributed by atoms with E-state index in [1.165, 1.54) is 4.31 Å². The first-order chi connectivity index (χ1) is 17.0. The van der Waals surface area contributed by atoms with E-state index in [4.69, 9.17) is 9.26 Å². The fourth-order valence-electron chi connectivity index (χ4n) is 4.62. The molecule has 2 fully saturated rings. The van der Waals surface area contributed by atoms with Crippen LogP contribution in [0.3, 0.4) is 0 Å². The zero-order valence-electron chi connectivity index (χ0n) is 19.6. The van der Waals surface area contributed by atoms with Crippen LogP contribution in [0.5, 0.6) is 5.75 Å². The molecule has 0 atom stereocenters. The van der Waals surface area contributed by atoms with E-state index in [-0.39, 0.29) is 16.7 Å². The van der Waals surface area contributed by atoms with Crippen LogP contribution in [0.2, 0.25) is 0 Å². The zero-order valence-corrected chi connectivity index (χ0v) is 20.4. The number of benzene rings is 2. The fraction of sp³-hybridized carbons (Fsp3) is 0.400. The SMILES string of the molecule is COc1ccc(C(=O)N2CCC(c3nc(-c4ccc(S(=O)(=O)N5CCCC5)cc4)no3)CC2)cc1. The molecule has 2 aliphatic rings. The van der Waals surface area contributed by atoms with E-state index in [0.29, 0.717) is 49.0 Å². The van der Waals surface area contributed by atoms with Crippen LogP contribution in [-0.2, 0) is 10.0 Å². The number of sulfonamides is 1. The monoisotopic (exact) mass is 496 g/mol. The van der Waals surface area contributed by atoms with Crippen LogP contribution < -0.4 is 4.74 Å². The Morgan fingerprint density at radius 3 is 2.26 bits per heavy atom. The highest BCUT2D eigenvalue weighted by atomic mass is 32.2. The predicted octanol–water partition coefficient (Wildman–Crippen LogP) is 3.55. The Bertz CT molecular complexity index is 1270. The quantitative estimate of drug-likeness (QED) is 0.514. The number of ether oxygens (including phenoxy) is 1. The molecule has 0 N–H and O–H groups in total. The second-order valence-electron chi connectivity index (χ2n) is 8.89. The van der Waals surface area contributed by atoms with Crippen molar-refractivity contribution in [2.75, 3.05) is 33.3 Å². The van der Waals surface area contributed by atoms with Gasteiger partial charge in [0.15, 0.2) is 0 Å². The molecule has 0 bridgehead atoms. The van der Waals surface area contributed by atoms with Gasteiger partial charge in [-0.25, -0.2) is 8.42 Å². The zero-order chi connectivity index (χ0) is 24.4. The Kier molecular flexibility index (Phi) is 6.57. The molecule has 5 rings (SSSR count). The third kappa shape index (κ3) is 4.81. The Balaban J connectivity index is 1.21. The molecule has 10 heteroatoms. The van der Waals surface area contributed by atoms with E-state index in [1.807, 2.05) is 4.90 Å². The number of carbonyl (C=O) groups is 1. The van der Waals surface area contributed by atoms with E-state index >= 15 is 0 Å². The van der Waals surface area contributed by atoms with Gasteiger partial charge in [-0.2, -0.15) is 9.29 Å². The number of hydrogen-bond acceptors (Lipinski definition) is 7. The van der Waals surface area contributed by atoms with Gasteiger partial charge < -0.3 is 14.2 Å². The molecule has 9 nitrogen and oxygen atoms in total. The summed E-state index contributed by atoms with van der Waals surface area (Å²) in [7, 11) is -1.86. The maximum Gasteiger partial charge on any atom is 0.253 e. The van der Waals surface area contributed by atoms with Crippen LogP contribution in [0.1, 0.15) is 47.8 Å². The van der Waals surface area contributed by atoms with Gasteiger partial charge in [-0.1, -0.05) is 5.16 Å². The molecular formula is C25H28N4O5S. The average molecular weight is 497 g/mol. The highest BCUT2D eigenvalue weighted by Gasteiger charge is 2.29. The van der Waals surface area contributed by atoms with Crippen molar-refractivity contribution in [1.82, 2.24) is 19.3 Å². The second-order valence-corrected chi connectivity index (χ2v) is 10.8. The van der Waals surface area contributed by atoms with Gasteiger partial charge >= 0.3 is 0 Å². The number of rotatable bonds is 6. The second kappa shape index (κ2) is 9.79. The van der Waals surface area contributed by atoms with Gasteiger partial charge in [-0.15, -0.1) is 0 Å². The Labute approximate surface area is 204 Å². The first kappa shape index (κ1) is 23.5. The number of likely N-dealkylation sites (tertiary alicyclic amines) is 1. The molecule has 0 aliphatic carbocycles. The fourth-order valence-corrected chi connectivity index (χ4v) is 6.13. The highest BCUT2D eigenvalue weighted by Crippen LogP contribution is 2.30. The van der Waals surface area contributed by atoms with Crippen molar-refractivity contribution in [3.63, 3.8) is 0 Å². The number of methoxy groups -OCH3 is 1. The molecule has 2 aromatic carbocycles. The summed E-state index contributed by atoms with van der Waals surface area (Å²) in [6.45, 7) is 2.36. The lowest BCUT2D eigenvalue weighted by Crippen LogP contribution is -2.37. The number of aromatic nitrogens is 2. The maximum atomic E-state index is 12.8. The Morgan fingerprint density at radius 2 is 1.63 bits per heavy atom. The minimum Gasteiger partial charge on any atom is -0.497 e. The van der Waals surface area contributed by atoms with Gasteiger partial charge in [0.1, 0.15) is 5.75 Å². The van der Waals surface area contributed by atoms with Crippen molar-refractivity contribution < 1.29 is 22.5 Å². The molecule has 184 valence electrons. The van der Waals surface area contributed by atoms with Crippen molar-refractivity contribution in [3.05, 3.63) is 60.0 Å². The molecule has 2 saturated heterocycles. The van der Waals surface area contributed by atoms with E-state index in [2.05, 4.69) is 10.1 Å². The van der Waals surface area contributed by atoms with Crippen molar-refractivity contribution >= 4 is 15.9 Å². The standard InChI is InChI=1S/C25H28N4O5S/c1-33-21-8-4-20(5-9-21)25(30)28-16-12-19(13-17-28)24-26-23(27-34-24)18-6-10-22(11-7-18)35(31,32)29-14-2-3-15-29/h4-11,19H,2-3,12-17H2,1H3. The Morgan fingerprint density at radius 1 is 0.971 bits per heavy atom. The van der Waals surface area contributed by atoms with Gasteiger partial charge in [0.25, 0.3) is 5.91 Å². The molecule has 0 spiro atoms. The summed E-state index contributed by atoms with van der Waals surface area (Å²) in [4.78, 5) is 19.5. The lowest BCUT2D eigenvalue weighted by molar-refractivity contribution is 0.0704. The lowest BCUT2D eigenvalue weighted by Gasteiger charge is -2.30. The van der Waals surface area contributed by atoms with Crippen LogP contribution in [0.25, 0.3) is 11.4 Å². The van der Waals surface area contributed by atoms with Crippen LogP contribution in [-0.4, -0.2) is 67.0 Å². The predicted molar refractivity (Wildman–Crippen MR) is 129 cm³/mol. The number of carbonyl (C=O) groups excluding carboxylic acids is 1. The van der Waals surface area contributed by atoms with Gasteiger partial charge in [0, 0.05) is 43.2 Å². The number of hydrogen-bond donors (Lipinski definition) is 0. The summed E-state index contributed by atoms with van der Waals surface area (Å²) < 4.78 is 37.7. The van der Waals surface area contributed by atoms with Crippen LogP contribution in [0, 0.1) is 0 Å². The number of amides is 1. The molecule has 1 aromatic heterocycles. The minimum atomic E-state index is -3.45. The lowest BCUT2D eigenvalue weighted by atomic mass is 9.96. The summed E-state index contributed by atoms with van der Waals surface area (Å²) in [5.74, 6) is 1.77. The summed E-state index contributed by atoms with van der Waals surface area (Å²) in [5.41, 5.74) is 1.34. The normalized spacial score (nSPS) is 17.6. The van der Waals surface area contributed by atoms with Gasteiger partial charge in [0.2, 0.25) is 21.7 Å². The molecular weight excluding hydrogens is 468 g/mol. The van der Waals surface area contributed by atoms with E-state index in [1.54, 1.807) is 55.6 Å². The molecule has 0 radical (unpaired) electrons. The summed E-state index contributed by atoms with van der Waals surface area (Å²) >= 11 is 0. The minimum absolute atomic E-state index is 0.00120. The number of piperidine rings is 1. The highest BCUT2D eigenvalue weighted by molar-refractivity contribution is 7.89. The van der Waals surface area contributed by atoms with Crippen LogP contribution >= 0.6 is 0 Å². The third-order valence-corrected chi connectivity index (χ3v) is 8.64. The van der Waals surface area contributed by atoms with E-state index in [0.717, 1.165) is 31.4 Å². The molecule has 0 unspecified atom stereocenters. The molecule has 2 aliphatic heterocycles. The van der Waals surface area contributed by atoms with E-state index in [9.17, 15) is 13.2 Å². The van der Waals surface area contributed by atoms with E-state index < -0.39 is 10.0 Å². The van der Waals surface area contributed by atoms with Crippen molar-refractivity contribution in [3.8, 4) is 17.1 Å². The largest absolute Gasteiger partial charge is 0.497 e. The van der Waals surface area contributed by atoms with Crippen molar-refractivity contribution in [1.29, 1.82) is 0 Å². The summed E-state index contributed by atoms with van der Waals surface area (Å²) in [6, 6.07) is 13.8. The summed E-state index contributed by atoms with van der Waals surface area (Å²) in [5, 5.41) is 4.11. The van der Waals surface area contributed by atoms with Gasteiger partial charge in [-0.3, -0.25) is 4.79 Å². The van der Waals surface area contributed by atoms with Gasteiger partial charge in [-0.05, 0) is 74.2 Å². The number of nitrogens with zero attached hydrogens (tertiary/aromatic N) is 4. The van der Waals surface area contributed by atoms with Crippen LogP contribution in [0.4, 0.5) is 0 Å². The molecule has 35 heavy (non-hydrogen) atoms. The summed E-state index contributed by atoms with van der Waals surface area (Å²) in [6.07, 6.45) is 3.27. The maximum absolute atomic E-state index is 12.8. The topological polar surface area (TPSA) is 106 Å². The molecule has 3 heterocycles. The first-order valence-electron chi connectivity index (χ1n) is 11.8. The average Bonchev–Trinajstić information content (AvgIpc) is 3.62. The molecule has 1 amide bonds.